The Morgan fingerprint density at radius 1 is 1.10 bits per heavy atom. The lowest BCUT2D eigenvalue weighted by atomic mass is 10.0. The maximum absolute atomic E-state index is 12.8. The molecule has 0 unspecified atom stereocenters. The van der Waals surface area contributed by atoms with Gasteiger partial charge in [-0.3, -0.25) is 4.79 Å². The van der Waals surface area contributed by atoms with Crippen LogP contribution in [0.25, 0.3) is 16.9 Å². The van der Waals surface area contributed by atoms with E-state index in [1.807, 2.05) is 76.2 Å². The fourth-order valence-electron chi connectivity index (χ4n) is 3.09. The number of hydrogen-bond acceptors (Lipinski definition) is 4. The predicted molar refractivity (Wildman–Crippen MR) is 112 cm³/mol. The Bertz CT molecular complexity index is 1020. The van der Waals surface area contributed by atoms with Gasteiger partial charge in [0.15, 0.2) is 6.61 Å². The van der Waals surface area contributed by atoms with Crippen LogP contribution in [0, 0.1) is 13.8 Å². The lowest BCUT2D eigenvalue weighted by molar-refractivity contribution is -0.124. The minimum absolute atomic E-state index is 0.0206. The van der Waals surface area contributed by atoms with Crippen LogP contribution in [-0.4, -0.2) is 34.3 Å². The lowest BCUT2D eigenvalue weighted by Gasteiger charge is -2.09. The Morgan fingerprint density at radius 3 is 2.48 bits per heavy atom. The molecule has 0 saturated heterocycles. The van der Waals surface area contributed by atoms with Gasteiger partial charge >= 0.3 is 5.97 Å². The maximum Gasteiger partial charge on any atom is 0.342 e. The van der Waals surface area contributed by atoms with E-state index in [4.69, 9.17) is 4.74 Å². The molecule has 0 radical (unpaired) electrons. The quantitative estimate of drug-likeness (QED) is 0.648. The number of esters is 1. The Balaban J connectivity index is 1.97. The van der Waals surface area contributed by atoms with Gasteiger partial charge in [0.2, 0.25) is 0 Å². The first-order valence-electron chi connectivity index (χ1n) is 9.54. The fourth-order valence-corrected chi connectivity index (χ4v) is 3.09. The molecule has 0 aliphatic rings. The topological polar surface area (TPSA) is 73.2 Å². The first-order valence-corrected chi connectivity index (χ1v) is 9.54. The van der Waals surface area contributed by atoms with Gasteiger partial charge in [-0.25, -0.2) is 9.48 Å². The van der Waals surface area contributed by atoms with E-state index in [1.54, 1.807) is 10.9 Å². The summed E-state index contributed by atoms with van der Waals surface area (Å²) in [5.74, 6) is -0.919. The van der Waals surface area contributed by atoms with Gasteiger partial charge in [0.1, 0.15) is 11.3 Å². The zero-order chi connectivity index (χ0) is 21.0. The van der Waals surface area contributed by atoms with Gasteiger partial charge < -0.3 is 10.1 Å². The molecule has 3 aromatic rings. The first-order chi connectivity index (χ1) is 13.8. The van der Waals surface area contributed by atoms with E-state index < -0.39 is 5.97 Å². The van der Waals surface area contributed by atoms with E-state index in [9.17, 15) is 9.59 Å². The molecule has 1 N–H and O–H groups in total. The van der Waals surface area contributed by atoms with Crippen LogP contribution in [0.4, 0.5) is 0 Å². The number of hydrogen-bond donors (Lipinski definition) is 1. The van der Waals surface area contributed by atoms with Crippen LogP contribution in [0.2, 0.25) is 0 Å². The number of nitrogens with zero attached hydrogens (tertiary/aromatic N) is 2. The largest absolute Gasteiger partial charge is 0.452 e. The molecule has 3 rings (SSSR count). The van der Waals surface area contributed by atoms with Crippen molar-refractivity contribution in [1.82, 2.24) is 15.1 Å². The first kappa shape index (κ1) is 20.3. The Hall–Kier alpha value is -3.41. The van der Waals surface area contributed by atoms with E-state index in [-0.39, 0.29) is 18.6 Å². The van der Waals surface area contributed by atoms with Crippen molar-refractivity contribution in [3.63, 3.8) is 0 Å². The molecular weight excluding hydrogens is 366 g/mol. The molecule has 2 aromatic carbocycles. The average molecular weight is 391 g/mol. The molecule has 0 bridgehead atoms. The molecular formula is C23H25N3O3. The summed E-state index contributed by atoms with van der Waals surface area (Å²) in [6, 6.07) is 15.5. The SMILES string of the molecule is Cc1ccc(-c2nn(-c3ccccc3)cc2C(=O)OCC(=O)NC(C)C)c(C)c1. The van der Waals surface area contributed by atoms with Crippen molar-refractivity contribution < 1.29 is 14.3 Å². The standard InChI is InChI=1S/C23H25N3O3/c1-15(2)24-21(27)14-29-23(28)20-13-26(18-8-6-5-7-9-18)25-22(20)19-11-10-16(3)12-17(19)4/h5-13,15H,14H2,1-4H3,(H,24,27). The van der Waals surface area contributed by atoms with Crippen LogP contribution >= 0.6 is 0 Å². The summed E-state index contributed by atoms with van der Waals surface area (Å²) in [5.41, 5.74) is 4.66. The van der Waals surface area contributed by atoms with Crippen molar-refractivity contribution in [2.75, 3.05) is 6.61 Å². The van der Waals surface area contributed by atoms with Gasteiger partial charge in [-0.05, 0) is 45.4 Å². The summed E-state index contributed by atoms with van der Waals surface area (Å²) in [4.78, 5) is 24.6. The lowest BCUT2D eigenvalue weighted by Crippen LogP contribution is -2.34. The average Bonchev–Trinajstić information content (AvgIpc) is 3.11. The molecule has 1 amide bonds. The molecule has 0 aliphatic carbocycles. The number of amides is 1. The highest BCUT2D eigenvalue weighted by Gasteiger charge is 2.22. The molecule has 0 spiro atoms. The number of para-hydroxylation sites is 1. The van der Waals surface area contributed by atoms with E-state index in [0.717, 1.165) is 22.4 Å². The Labute approximate surface area is 170 Å². The van der Waals surface area contributed by atoms with Gasteiger partial charge in [-0.1, -0.05) is 42.0 Å². The number of nitrogens with one attached hydrogen (secondary N) is 1. The highest BCUT2D eigenvalue weighted by atomic mass is 16.5. The number of aryl methyl sites for hydroxylation is 2. The summed E-state index contributed by atoms with van der Waals surface area (Å²) in [5, 5.41) is 7.36. The van der Waals surface area contributed by atoms with Crippen molar-refractivity contribution in [3.05, 3.63) is 71.4 Å². The molecule has 6 heteroatoms. The Kier molecular flexibility index (Phi) is 6.12. The number of carbonyl (C=O) groups excluding carboxylic acids is 2. The third kappa shape index (κ3) is 4.90. The van der Waals surface area contributed by atoms with E-state index in [0.29, 0.717) is 11.3 Å². The van der Waals surface area contributed by atoms with Crippen LogP contribution in [0.15, 0.2) is 54.7 Å². The van der Waals surface area contributed by atoms with Gasteiger partial charge in [-0.2, -0.15) is 5.10 Å². The number of rotatable bonds is 6. The van der Waals surface area contributed by atoms with E-state index in [2.05, 4.69) is 10.4 Å². The Morgan fingerprint density at radius 2 is 1.83 bits per heavy atom. The normalized spacial score (nSPS) is 10.8. The highest BCUT2D eigenvalue weighted by molar-refractivity contribution is 5.97. The second-order valence-corrected chi connectivity index (χ2v) is 7.29. The smallest absolute Gasteiger partial charge is 0.342 e. The molecule has 0 fully saturated rings. The maximum atomic E-state index is 12.8. The third-order valence-corrected chi connectivity index (χ3v) is 4.38. The van der Waals surface area contributed by atoms with Crippen LogP contribution in [-0.2, 0) is 9.53 Å². The third-order valence-electron chi connectivity index (χ3n) is 4.38. The summed E-state index contributed by atoms with van der Waals surface area (Å²) in [7, 11) is 0. The van der Waals surface area contributed by atoms with Gasteiger partial charge in [0.05, 0.1) is 5.69 Å². The minimum Gasteiger partial charge on any atom is -0.452 e. The predicted octanol–water partition coefficient (Wildman–Crippen LogP) is 3.84. The van der Waals surface area contributed by atoms with Crippen LogP contribution in [0.1, 0.15) is 35.3 Å². The summed E-state index contributed by atoms with van der Waals surface area (Å²) in [6.07, 6.45) is 1.65. The van der Waals surface area contributed by atoms with Crippen molar-refractivity contribution in [1.29, 1.82) is 0 Å². The van der Waals surface area contributed by atoms with Crippen molar-refractivity contribution in [2.24, 2.45) is 0 Å². The minimum atomic E-state index is -0.582. The molecule has 1 heterocycles. The molecule has 0 saturated carbocycles. The summed E-state index contributed by atoms with van der Waals surface area (Å²) < 4.78 is 6.91. The van der Waals surface area contributed by atoms with Gasteiger partial charge in [-0.15, -0.1) is 0 Å². The number of ether oxygens (including phenoxy) is 1. The molecule has 29 heavy (non-hydrogen) atoms. The molecule has 6 nitrogen and oxygen atoms in total. The summed E-state index contributed by atoms with van der Waals surface area (Å²) in [6.45, 7) is 7.36. The van der Waals surface area contributed by atoms with Gasteiger partial charge in [0, 0.05) is 17.8 Å². The van der Waals surface area contributed by atoms with E-state index in [1.165, 1.54) is 0 Å². The van der Waals surface area contributed by atoms with Crippen molar-refractivity contribution in [2.45, 2.75) is 33.7 Å². The van der Waals surface area contributed by atoms with Gasteiger partial charge in [0.25, 0.3) is 5.91 Å². The number of carbonyl (C=O) groups is 2. The number of benzene rings is 2. The van der Waals surface area contributed by atoms with Crippen LogP contribution in [0.3, 0.4) is 0 Å². The summed E-state index contributed by atoms with van der Waals surface area (Å²) >= 11 is 0. The number of aromatic nitrogens is 2. The van der Waals surface area contributed by atoms with E-state index >= 15 is 0 Å². The van der Waals surface area contributed by atoms with Crippen LogP contribution in [0.5, 0.6) is 0 Å². The molecule has 1 aromatic heterocycles. The zero-order valence-electron chi connectivity index (χ0n) is 17.1. The molecule has 0 aliphatic heterocycles. The second kappa shape index (κ2) is 8.73. The molecule has 150 valence electrons. The second-order valence-electron chi connectivity index (χ2n) is 7.29. The van der Waals surface area contributed by atoms with Crippen molar-refractivity contribution >= 4 is 11.9 Å². The molecule has 0 atom stereocenters. The monoisotopic (exact) mass is 391 g/mol. The fraction of sp³-hybridized carbons (Fsp3) is 0.261. The zero-order valence-corrected chi connectivity index (χ0v) is 17.1. The van der Waals surface area contributed by atoms with Crippen molar-refractivity contribution in [3.8, 4) is 16.9 Å². The highest BCUT2D eigenvalue weighted by Crippen LogP contribution is 2.28. The van der Waals surface area contributed by atoms with Crippen LogP contribution < -0.4 is 5.32 Å².